The van der Waals surface area contributed by atoms with Gasteiger partial charge < -0.3 is 9.47 Å². The molecule has 0 atom stereocenters. The number of thioether (sulfide) groups is 1. The lowest BCUT2D eigenvalue weighted by molar-refractivity contribution is -0.114. The number of carbonyl (C=O) groups is 1. The van der Waals surface area contributed by atoms with Crippen LogP contribution in [0.5, 0.6) is 11.5 Å². The lowest BCUT2D eigenvalue weighted by atomic mass is 10.1. The molecule has 0 aliphatic carbocycles. The molecule has 7 nitrogen and oxygen atoms in total. The minimum Gasteiger partial charge on any atom is -0.497 e. The van der Waals surface area contributed by atoms with E-state index < -0.39 is 5.91 Å². The van der Waals surface area contributed by atoms with Gasteiger partial charge in [0.05, 0.1) is 24.8 Å². The number of aliphatic imine (C=N–C) groups is 1. The second-order valence-electron chi connectivity index (χ2n) is 4.75. The van der Waals surface area contributed by atoms with Crippen LogP contribution in [0.15, 0.2) is 33.9 Å². The predicted molar refractivity (Wildman–Crippen MR) is 90.2 cm³/mol. The molecule has 0 aromatic heterocycles. The molecule has 1 aromatic rings. The Balaban J connectivity index is 2.06. The van der Waals surface area contributed by atoms with Gasteiger partial charge in [-0.1, -0.05) is 0 Å². The van der Waals surface area contributed by atoms with Gasteiger partial charge in [0.25, 0.3) is 5.91 Å². The van der Waals surface area contributed by atoms with Crippen LogP contribution < -0.4 is 9.47 Å². The van der Waals surface area contributed by atoms with E-state index in [0.29, 0.717) is 22.2 Å². The highest BCUT2D eigenvalue weighted by Gasteiger charge is 2.34. The number of hydrogen-bond acceptors (Lipinski definition) is 6. The third-order valence-corrected chi connectivity index (χ3v) is 4.12. The molecule has 2 aliphatic heterocycles. The maximum Gasteiger partial charge on any atom is 0.283 e. The number of amidine groups is 2. The van der Waals surface area contributed by atoms with Gasteiger partial charge in [0, 0.05) is 5.56 Å². The monoisotopic (exact) mass is 330 g/mol. The van der Waals surface area contributed by atoms with Crippen molar-refractivity contribution in [2.45, 2.75) is 6.92 Å². The van der Waals surface area contributed by atoms with Crippen LogP contribution in [-0.2, 0) is 4.79 Å². The molecule has 23 heavy (non-hydrogen) atoms. The van der Waals surface area contributed by atoms with Crippen LogP contribution in [0.4, 0.5) is 0 Å². The summed E-state index contributed by atoms with van der Waals surface area (Å²) in [4.78, 5) is 16.2. The Morgan fingerprint density at radius 1 is 1.30 bits per heavy atom. The van der Waals surface area contributed by atoms with Gasteiger partial charge in [0.15, 0.2) is 5.84 Å². The lowest BCUT2D eigenvalue weighted by Crippen LogP contribution is -2.35. The maximum atomic E-state index is 12.3. The Morgan fingerprint density at radius 2 is 2.09 bits per heavy atom. The van der Waals surface area contributed by atoms with Gasteiger partial charge in [0.2, 0.25) is 5.17 Å². The minimum absolute atomic E-state index is 0.00535. The van der Waals surface area contributed by atoms with Crippen LogP contribution in [0.1, 0.15) is 12.5 Å². The van der Waals surface area contributed by atoms with E-state index in [1.165, 1.54) is 16.8 Å². The third kappa shape index (κ3) is 2.72. The molecule has 0 saturated carbocycles. The molecule has 0 fully saturated rings. The topological polar surface area (TPSA) is 87.3 Å². The third-order valence-electron chi connectivity index (χ3n) is 3.29. The molecule has 1 amide bonds. The molecule has 8 heteroatoms. The number of methoxy groups -OCH3 is 2. The number of amides is 1. The maximum absolute atomic E-state index is 12.3. The highest BCUT2D eigenvalue weighted by Crippen LogP contribution is 2.30. The van der Waals surface area contributed by atoms with Crippen molar-refractivity contribution >= 4 is 39.8 Å². The van der Waals surface area contributed by atoms with E-state index in [-0.39, 0.29) is 11.4 Å². The van der Waals surface area contributed by atoms with Gasteiger partial charge in [-0.05, 0) is 43.0 Å². The number of ether oxygens (including phenoxy) is 2. The summed E-state index contributed by atoms with van der Waals surface area (Å²) in [5.41, 5.74) is 0.783. The smallest absolute Gasteiger partial charge is 0.283 e. The van der Waals surface area contributed by atoms with Crippen LogP contribution in [0.25, 0.3) is 6.08 Å². The fourth-order valence-electron chi connectivity index (χ4n) is 2.20. The fraction of sp³-hybridized carbons (Fsp3) is 0.200. The first-order valence-corrected chi connectivity index (χ1v) is 7.54. The summed E-state index contributed by atoms with van der Waals surface area (Å²) in [7, 11) is 3.10. The Labute approximate surface area is 137 Å². The SMILES string of the molecule is COc1ccc(OC)c(/C=C2/C(=N)N3N=C(C)SC3=NC2=O)c1. The van der Waals surface area contributed by atoms with Crippen LogP contribution in [0.3, 0.4) is 0 Å². The van der Waals surface area contributed by atoms with Crippen molar-refractivity contribution < 1.29 is 14.3 Å². The zero-order valence-electron chi connectivity index (χ0n) is 12.8. The molecule has 3 rings (SSSR count). The van der Waals surface area contributed by atoms with Crippen molar-refractivity contribution in [1.29, 1.82) is 5.41 Å². The van der Waals surface area contributed by atoms with Gasteiger partial charge in [-0.2, -0.15) is 15.1 Å². The van der Waals surface area contributed by atoms with Gasteiger partial charge in [-0.15, -0.1) is 0 Å². The van der Waals surface area contributed by atoms with E-state index in [4.69, 9.17) is 14.9 Å². The Morgan fingerprint density at radius 3 is 2.78 bits per heavy atom. The van der Waals surface area contributed by atoms with Crippen LogP contribution in [0.2, 0.25) is 0 Å². The zero-order valence-corrected chi connectivity index (χ0v) is 13.6. The number of carbonyl (C=O) groups excluding carboxylic acids is 1. The van der Waals surface area contributed by atoms with Gasteiger partial charge in [-0.3, -0.25) is 10.2 Å². The Kier molecular flexibility index (Phi) is 3.91. The number of nitrogens with zero attached hydrogens (tertiary/aromatic N) is 3. The molecule has 0 bridgehead atoms. The van der Waals surface area contributed by atoms with Gasteiger partial charge >= 0.3 is 0 Å². The van der Waals surface area contributed by atoms with Crippen LogP contribution >= 0.6 is 11.8 Å². The van der Waals surface area contributed by atoms with Crippen molar-refractivity contribution in [1.82, 2.24) is 5.01 Å². The van der Waals surface area contributed by atoms with Crippen molar-refractivity contribution in [2.24, 2.45) is 10.1 Å². The second-order valence-corrected chi connectivity index (χ2v) is 5.91. The van der Waals surface area contributed by atoms with E-state index in [9.17, 15) is 4.79 Å². The zero-order chi connectivity index (χ0) is 16.6. The van der Waals surface area contributed by atoms with Crippen LogP contribution in [0, 0.1) is 5.41 Å². The average Bonchev–Trinajstić information content (AvgIpc) is 2.91. The molecule has 2 heterocycles. The fourth-order valence-corrected chi connectivity index (χ4v) is 2.93. The summed E-state index contributed by atoms with van der Waals surface area (Å²) in [6, 6.07) is 5.24. The van der Waals surface area contributed by atoms with E-state index >= 15 is 0 Å². The predicted octanol–water partition coefficient (Wildman–Crippen LogP) is 2.34. The highest BCUT2D eigenvalue weighted by atomic mass is 32.2. The van der Waals surface area contributed by atoms with E-state index in [2.05, 4.69) is 10.1 Å². The number of nitrogens with one attached hydrogen (secondary N) is 1. The first-order valence-electron chi connectivity index (χ1n) is 6.72. The summed E-state index contributed by atoms with van der Waals surface area (Å²) in [5, 5.41) is 14.9. The van der Waals surface area contributed by atoms with E-state index in [0.717, 1.165) is 5.04 Å². The first kappa shape index (κ1) is 15.3. The summed E-state index contributed by atoms with van der Waals surface area (Å²) >= 11 is 1.27. The van der Waals surface area contributed by atoms with Crippen molar-refractivity contribution in [3.63, 3.8) is 0 Å². The molecule has 0 radical (unpaired) electrons. The summed E-state index contributed by atoms with van der Waals surface area (Å²) < 4.78 is 10.5. The summed E-state index contributed by atoms with van der Waals surface area (Å²) in [6.45, 7) is 1.80. The second kappa shape index (κ2) is 5.88. The van der Waals surface area contributed by atoms with E-state index in [1.807, 2.05) is 0 Å². The molecule has 2 aliphatic rings. The molecule has 1 aromatic carbocycles. The number of fused-ring (bicyclic) bond motifs is 1. The van der Waals surface area contributed by atoms with Crippen molar-refractivity contribution in [3.8, 4) is 11.5 Å². The normalized spacial score (nSPS) is 18.7. The molecule has 1 N–H and O–H groups in total. The summed E-state index contributed by atoms with van der Waals surface area (Å²) in [5.74, 6) is 0.726. The van der Waals surface area contributed by atoms with Gasteiger partial charge in [0.1, 0.15) is 11.5 Å². The first-order chi connectivity index (χ1) is 11.0. The van der Waals surface area contributed by atoms with E-state index in [1.54, 1.807) is 45.4 Å². The minimum atomic E-state index is -0.469. The van der Waals surface area contributed by atoms with Gasteiger partial charge in [-0.25, -0.2) is 0 Å². The number of rotatable bonds is 3. The highest BCUT2D eigenvalue weighted by molar-refractivity contribution is 8.26. The average molecular weight is 330 g/mol. The molecular formula is C15H14N4O3S. The molecule has 0 unspecified atom stereocenters. The summed E-state index contributed by atoms with van der Waals surface area (Å²) in [6.07, 6.45) is 1.57. The Hall–Kier alpha value is -2.61. The molecule has 0 spiro atoms. The Bertz CT molecular complexity index is 798. The number of benzene rings is 1. The van der Waals surface area contributed by atoms with Crippen molar-refractivity contribution in [2.75, 3.05) is 14.2 Å². The molecule has 118 valence electrons. The lowest BCUT2D eigenvalue weighted by Gasteiger charge is -2.20. The van der Waals surface area contributed by atoms with Crippen LogP contribution in [-0.4, -0.2) is 41.2 Å². The quantitative estimate of drug-likeness (QED) is 0.860. The largest absolute Gasteiger partial charge is 0.497 e. The number of hydrazone groups is 1. The number of hydrogen-bond donors (Lipinski definition) is 1. The molecular weight excluding hydrogens is 316 g/mol. The standard InChI is InChI=1S/C15H14N4O3S/c1-8-18-19-13(16)11(14(20)17-15(19)23-8)7-9-6-10(21-2)4-5-12(9)22-3/h4-7,16H,1-3H3/b11-7-,16-13?. The van der Waals surface area contributed by atoms with Crippen molar-refractivity contribution in [3.05, 3.63) is 29.3 Å². The molecule has 0 saturated heterocycles.